The molecule has 0 saturated carbocycles. The van der Waals surface area contributed by atoms with Gasteiger partial charge < -0.3 is 19.9 Å². The number of benzene rings is 1. The van der Waals surface area contributed by atoms with E-state index < -0.39 is 6.04 Å². The van der Waals surface area contributed by atoms with Gasteiger partial charge in [0, 0.05) is 25.3 Å². The fraction of sp³-hybridized carbons (Fsp3) is 0.350. The normalized spacial score (nSPS) is 15.9. The van der Waals surface area contributed by atoms with E-state index in [2.05, 4.69) is 5.32 Å². The molecule has 0 spiro atoms. The Hall–Kier alpha value is -2.87. The second kappa shape index (κ2) is 8.88. The number of thiophene rings is 1. The molecular weight excluding hydrogens is 378 g/mol. The number of hydrogen-bond donors (Lipinski definition) is 1. The molecule has 7 nitrogen and oxygen atoms in total. The highest BCUT2D eigenvalue weighted by Crippen LogP contribution is 2.23. The van der Waals surface area contributed by atoms with Crippen LogP contribution in [0.4, 0.5) is 5.69 Å². The average Bonchev–Trinajstić information content (AvgIpc) is 3.38. The van der Waals surface area contributed by atoms with Crippen LogP contribution in [0, 0.1) is 0 Å². The number of nitrogens with zero attached hydrogens (tertiary/aromatic N) is 2. The van der Waals surface area contributed by atoms with Crippen molar-refractivity contribution in [2.75, 3.05) is 32.6 Å². The van der Waals surface area contributed by atoms with Gasteiger partial charge in [0.2, 0.25) is 11.8 Å². The third-order valence-electron chi connectivity index (χ3n) is 4.64. The predicted octanol–water partition coefficient (Wildman–Crippen LogP) is 2.46. The van der Waals surface area contributed by atoms with Crippen molar-refractivity contribution in [1.82, 2.24) is 9.80 Å². The average molecular weight is 401 g/mol. The number of likely N-dealkylation sites (N-methyl/N-ethyl adjacent to an activating group) is 1. The molecule has 1 aliphatic heterocycles. The summed E-state index contributed by atoms with van der Waals surface area (Å²) in [5.74, 6) is -0.0163. The van der Waals surface area contributed by atoms with Crippen molar-refractivity contribution < 1.29 is 19.1 Å². The Bertz CT molecular complexity index is 853. The first-order valence-corrected chi connectivity index (χ1v) is 9.91. The summed E-state index contributed by atoms with van der Waals surface area (Å²) >= 11 is 1.36. The molecule has 8 heteroatoms. The van der Waals surface area contributed by atoms with Crippen molar-refractivity contribution in [2.45, 2.75) is 18.9 Å². The Morgan fingerprint density at radius 2 is 2.11 bits per heavy atom. The number of carbonyl (C=O) groups is 3. The van der Waals surface area contributed by atoms with Crippen molar-refractivity contribution >= 4 is 34.7 Å². The van der Waals surface area contributed by atoms with Gasteiger partial charge in [-0.3, -0.25) is 14.4 Å². The molecule has 0 radical (unpaired) electrons. The number of methoxy groups -OCH3 is 1. The van der Waals surface area contributed by atoms with Gasteiger partial charge in [-0.2, -0.15) is 0 Å². The Morgan fingerprint density at radius 1 is 1.29 bits per heavy atom. The maximum atomic E-state index is 12.9. The minimum Gasteiger partial charge on any atom is -0.497 e. The molecule has 3 amide bonds. The molecule has 148 valence electrons. The van der Waals surface area contributed by atoms with E-state index in [0.29, 0.717) is 29.3 Å². The molecule has 1 aliphatic rings. The summed E-state index contributed by atoms with van der Waals surface area (Å²) < 4.78 is 5.14. The summed E-state index contributed by atoms with van der Waals surface area (Å²) in [5, 5.41) is 4.60. The molecule has 0 bridgehead atoms. The molecule has 0 unspecified atom stereocenters. The topological polar surface area (TPSA) is 79.0 Å². The van der Waals surface area contributed by atoms with Crippen LogP contribution in [0.1, 0.15) is 22.5 Å². The van der Waals surface area contributed by atoms with Crippen molar-refractivity contribution in [3.8, 4) is 5.75 Å². The summed E-state index contributed by atoms with van der Waals surface area (Å²) in [6.07, 6.45) is 1.38. The van der Waals surface area contributed by atoms with Crippen LogP contribution >= 0.6 is 11.3 Å². The van der Waals surface area contributed by atoms with Crippen LogP contribution in [0.15, 0.2) is 41.8 Å². The summed E-state index contributed by atoms with van der Waals surface area (Å²) in [5.41, 5.74) is 0.598. The lowest BCUT2D eigenvalue weighted by Gasteiger charge is -2.27. The molecule has 28 heavy (non-hydrogen) atoms. The third-order valence-corrected chi connectivity index (χ3v) is 5.50. The van der Waals surface area contributed by atoms with Gasteiger partial charge >= 0.3 is 0 Å². The van der Waals surface area contributed by atoms with Crippen molar-refractivity contribution in [2.24, 2.45) is 0 Å². The number of rotatable bonds is 6. The van der Waals surface area contributed by atoms with Gasteiger partial charge in [-0.25, -0.2) is 0 Å². The van der Waals surface area contributed by atoms with Crippen LogP contribution in [0.3, 0.4) is 0 Å². The number of anilines is 1. The molecule has 2 aromatic rings. The van der Waals surface area contributed by atoms with Crippen LogP contribution in [0.25, 0.3) is 0 Å². The van der Waals surface area contributed by atoms with E-state index in [0.717, 1.165) is 6.42 Å². The molecule has 3 rings (SSSR count). The van der Waals surface area contributed by atoms with Crippen molar-refractivity contribution in [3.05, 3.63) is 46.7 Å². The third kappa shape index (κ3) is 4.51. The Morgan fingerprint density at radius 3 is 2.82 bits per heavy atom. The second-order valence-electron chi connectivity index (χ2n) is 6.61. The Kier molecular flexibility index (Phi) is 6.30. The van der Waals surface area contributed by atoms with Gasteiger partial charge in [-0.05, 0) is 36.4 Å². The Balaban J connectivity index is 1.60. The van der Waals surface area contributed by atoms with E-state index in [1.54, 1.807) is 49.4 Å². The molecule has 0 aliphatic carbocycles. The second-order valence-corrected chi connectivity index (χ2v) is 7.56. The number of nitrogens with one attached hydrogen (secondary N) is 1. The van der Waals surface area contributed by atoms with Gasteiger partial charge in [-0.15, -0.1) is 11.3 Å². The highest BCUT2D eigenvalue weighted by molar-refractivity contribution is 7.12. The van der Waals surface area contributed by atoms with Gasteiger partial charge in [0.15, 0.2) is 0 Å². The van der Waals surface area contributed by atoms with Gasteiger partial charge in [0.25, 0.3) is 5.91 Å². The van der Waals surface area contributed by atoms with E-state index in [9.17, 15) is 14.4 Å². The zero-order valence-electron chi connectivity index (χ0n) is 15.9. The Labute approximate surface area is 167 Å². The molecule has 1 fully saturated rings. The number of likely N-dealkylation sites (tertiary alicyclic amines) is 1. The monoisotopic (exact) mass is 401 g/mol. The molecule has 1 N–H and O–H groups in total. The SMILES string of the molecule is COc1cccc(NC(=O)CN(C)C(=O)[C@@H]2CCCN2C(=O)c2cccs2)c1. The lowest BCUT2D eigenvalue weighted by molar-refractivity contribution is -0.136. The van der Waals surface area contributed by atoms with E-state index in [1.165, 1.54) is 16.2 Å². The van der Waals surface area contributed by atoms with E-state index in [-0.39, 0.29) is 24.3 Å². The van der Waals surface area contributed by atoms with Crippen LogP contribution < -0.4 is 10.1 Å². The molecule has 1 aromatic heterocycles. The van der Waals surface area contributed by atoms with Crippen LogP contribution in [0.5, 0.6) is 5.75 Å². The first-order valence-electron chi connectivity index (χ1n) is 9.03. The van der Waals surface area contributed by atoms with Gasteiger partial charge in [0.05, 0.1) is 18.5 Å². The van der Waals surface area contributed by atoms with Gasteiger partial charge in [0.1, 0.15) is 11.8 Å². The lowest BCUT2D eigenvalue weighted by Crippen LogP contribution is -2.48. The summed E-state index contributed by atoms with van der Waals surface area (Å²) in [4.78, 5) is 41.4. The predicted molar refractivity (Wildman–Crippen MR) is 108 cm³/mol. The molecule has 1 saturated heterocycles. The minimum atomic E-state index is -0.524. The fourth-order valence-corrected chi connectivity index (χ4v) is 3.94. The maximum Gasteiger partial charge on any atom is 0.264 e. The number of ether oxygens (including phenoxy) is 1. The highest BCUT2D eigenvalue weighted by Gasteiger charge is 2.36. The fourth-order valence-electron chi connectivity index (χ4n) is 3.26. The van der Waals surface area contributed by atoms with E-state index in [1.807, 2.05) is 11.4 Å². The molecular formula is C20H23N3O4S. The van der Waals surface area contributed by atoms with Crippen LogP contribution in [-0.4, -0.2) is 60.8 Å². The minimum absolute atomic E-state index is 0.0897. The summed E-state index contributed by atoms with van der Waals surface area (Å²) in [6, 6.07) is 10.1. The first-order chi connectivity index (χ1) is 13.5. The van der Waals surface area contributed by atoms with Crippen molar-refractivity contribution in [1.29, 1.82) is 0 Å². The van der Waals surface area contributed by atoms with E-state index >= 15 is 0 Å². The van der Waals surface area contributed by atoms with E-state index in [4.69, 9.17) is 4.74 Å². The standard InChI is InChI=1S/C20H23N3O4S/c1-22(13-18(24)21-14-6-3-7-15(12-14)27-2)19(25)16-8-4-10-23(16)20(26)17-9-5-11-28-17/h3,5-7,9,11-12,16H,4,8,10,13H2,1-2H3,(H,21,24)/t16-/m0/s1. The maximum absolute atomic E-state index is 12.9. The molecule has 1 aromatic carbocycles. The van der Waals surface area contributed by atoms with Crippen LogP contribution in [-0.2, 0) is 9.59 Å². The number of carbonyl (C=O) groups excluding carboxylic acids is 3. The summed E-state index contributed by atoms with van der Waals surface area (Å²) in [7, 11) is 3.14. The molecule has 1 atom stereocenters. The lowest BCUT2D eigenvalue weighted by atomic mass is 10.2. The number of amides is 3. The van der Waals surface area contributed by atoms with Crippen LogP contribution in [0.2, 0.25) is 0 Å². The number of hydrogen-bond acceptors (Lipinski definition) is 5. The molecule has 2 heterocycles. The zero-order chi connectivity index (χ0) is 20.1. The quantitative estimate of drug-likeness (QED) is 0.807. The van der Waals surface area contributed by atoms with Gasteiger partial charge in [-0.1, -0.05) is 12.1 Å². The zero-order valence-corrected chi connectivity index (χ0v) is 16.7. The largest absolute Gasteiger partial charge is 0.497 e. The highest BCUT2D eigenvalue weighted by atomic mass is 32.1. The van der Waals surface area contributed by atoms with Crippen molar-refractivity contribution in [3.63, 3.8) is 0 Å². The smallest absolute Gasteiger partial charge is 0.264 e. The first kappa shape index (κ1) is 19.9. The summed E-state index contributed by atoms with van der Waals surface area (Å²) in [6.45, 7) is 0.463.